The molecule has 16 heavy (non-hydrogen) atoms. The Morgan fingerprint density at radius 1 is 1.12 bits per heavy atom. The molecule has 1 aromatic rings. The number of hydrogen-bond donors (Lipinski definition) is 1. The third kappa shape index (κ3) is 3.00. The molecule has 0 fully saturated rings. The normalized spacial score (nSPS) is 13.2. The maximum absolute atomic E-state index is 6.07. The monoisotopic (exact) mass is 222 g/mol. The first-order valence-electron chi connectivity index (χ1n) is 5.72. The first kappa shape index (κ1) is 13.1. The zero-order chi connectivity index (χ0) is 12.3. The molecule has 4 heteroatoms. The standard InChI is InChI=1S/C12H22N4/c1-6-16(5)12(13)7-11-10(4)14-8(2)9(3)15-11/h12H,6-7,13H2,1-5H3. The van der Waals surface area contributed by atoms with E-state index in [9.17, 15) is 0 Å². The molecule has 1 rings (SSSR count). The highest BCUT2D eigenvalue weighted by molar-refractivity contribution is 5.18. The average Bonchev–Trinajstić information content (AvgIpc) is 2.24. The molecule has 90 valence electrons. The van der Waals surface area contributed by atoms with Crippen LogP contribution in [0.5, 0.6) is 0 Å². The molecule has 1 aromatic heterocycles. The Kier molecular flexibility index (Phi) is 4.38. The van der Waals surface area contributed by atoms with Gasteiger partial charge in [0, 0.05) is 6.42 Å². The van der Waals surface area contributed by atoms with Gasteiger partial charge in [-0.1, -0.05) is 6.92 Å². The molecule has 2 N–H and O–H groups in total. The summed E-state index contributed by atoms with van der Waals surface area (Å²) in [6, 6.07) is 0. The van der Waals surface area contributed by atoms with Crippen molar-refractivity contribution in [3.05, 3.63) is 22.8 Å². The van der Waals surface area contributed by atoms with Gasteiger partial charge in [-0.25, -0.2) is 0 Å². The minimum atomic E-state index is 0.0140. The van der Waals surface area contributed by atoms with Gasteiger partial charge < -0.3 is 5.73 Å². The van der Waals surface area contributed by atoms with Gasteiger partial charge in [0.05, 0.1) is 28.9 Å². The van der Waals surface area contributed by atoms with Gasteiger partial charge in [0.1, 0.15) is 0 Å². The summed E-state index contributed by atoms with van der Waals surface area (Å²) in [4.78, 5) is 11.1. The Balaban J connectivity index is 2.85. The van der Waals surface area contributed by atoms with Crippen LogP contribution in [-0.2, 0) is 6.42 Å². The van der Waals surface area contributed by atoms with Crippen molar-refractivity contribution in [3.8, 4) is 0 Å². The Bertz CT molecular complexity index is 362. The average molecular weight is 222 g/mol. The van der Waals surface area contributed by atoms with Crippen molar-refractivity contribution in [1.82, 2.24) is 14.9 Å². The van der Waals surface area contributed by atoms with E-state index in [1.807, 2.05) is 27.8 Å². The topological polar surface area (TPSA) is 55.0 Å². The molecular formula is C12H22N4. The first-order valence-corrected chi connectivity index (χ1v) is 5.72. The molecule has 0 spiro atoms. The van der Waals surface area contributed by atoms with E-state index in [2.05, 4.69) is 21.8 Å². The van der Waals surface area contributed by atoms with Gasteiger partial charge in [0.2, 0.25) is 0 Å². The molecular weight excluding hydrogens is 200 g/mol. The Labute approximate surface area is 97.9 Å². The van der Waals surface area contributed by atoms with Crippen molar-refractivity contribution in [3.63, 3.8) is 0 Å². The largest absolute Gasteiger partial charge is 0.315 e. The zero-order valence-electron chi connectivity index (χ0n) is 10.9. The second-order valence-electron chi connectivity index (χ2n) is 4.27. The number of likely N-dealkylation sites (N-methyl/N-ethyl adjacent to an activating group) is 1. The van der Waals surface area contributed by atoms with Crippen LogP contribution in [0.25, 0.3) is 0 Å². The fourth-order valence-electron chi connectivity index (χ4n) is 1.54. The van der Waals surface area contributed by atoms with Crippen molar-refractivity contribution < 1.29 is 0 Å². The van der Waals surface area contributed by atoms with E-state index in [-0.39, 0.29) is 6.17 Å². The van der Waals surface area contributed by atoms with E-state index in [0.717, 1.165) is 35.7 Å². The summed E-state index contributed by atoms with van der Waals surface area (Å²) in [6.07, 6.45) is 0.768. The SMILES string of the molecule is CCN(C)C(N)Cc1nc(C)c(C)nc1C. The number of aromatic nitrogens is 2. The van der Waals surface area contributed by atoms with E-state index >= 15 is 0 Å². The minimum absolute atomic E-state index is 0.0140. The second kappa shape index (κ2) is 5.37. The van der Waals surface area contributed by atoms with Gasteiger partial charge >= 0.3 is 0 Å². The van der Waals surface area contributed by atoms with E-state index < -0.39 is 0 Å². The molecule has 0 aliphatic carbocycles. The van der Waals surface area contributed by atoms with Gasteiger partial charge in [0.25, 0.3) is 0 Å². The molecule has 0 saturated carbocycles. The number of nitrogens with zero attached hydrogens (tertiary/aromatic N) is 3. The first-order chi connectivity index (χ1) is 7.45. The van der Waals surface area contributed by atoms with Gasteiger partial charge in [0.15, 0.2) is 0 Å². The highest BCUT2D eigenvalue weighted by atomic mass is 15.2. The summed E-state index contributed by atoms with van der Waals surface area (Å²) < 4.78 is 0. The van der Waals surface area contributed by atoms with Gasteiger partial charge in [-0.3, -0.25) is 14.9 Å². The van der Waals surface area contributed by atoms with Crippen LogP contribution >= 0.6 is 0 Å². The van der Waals surface area contributed by atoms with E-state index in [1.54, 1.807) is 0 Å². The van der Waals surface area contributed by atoms with Crippen molar-refractivity contribution >= 4 is 0 Å². The number of rotatable bonds is 4. The molecule has 0 bridgehead atoms. The fraction of sp³-hybridized carbons (Fsp3) is 0.667. The number of hydrogen-bond acceptors (Lipinski definition) is 4. The van der Waals surface area contributed by atoms with Crippen LogP contribution in [0.2, 0.25) is 0 Å². The zero-order valence-corrected chi connectivity index (χ0v) is 10.9. The lowest BCUT2D eigenvalue weighted by Gasteiger charge is -2.23. The maximum Gasteiger partial charge on any atom is 0.0648 e. The van der Waals surface area contributed by atoms with Gasteiger partial charge in [-0.15, -0.1) is 0 Å². The van der Waals surface area contributed by atoms with Crippen LogP contribution in [0.4, 0.5) is 0 Å². The molecule has 1 atom stereocenters. The predicted molar refractivity (Wildman–Crippen MR) is 66.2 cm³/mol. The summed E-state index contributed by atoms with van der Waals surface area (Å²) >= 11 is 0. The van der Waals surface area contributed by atoms with Crippen molar-refractivity contribution in [2.75, 3.05) is 13.6 Å². The quantitative estimate of drug-likeness (QED) is 0.777. The molecule has 0 amide bonds. The van der Waals surface area contributed by atoms with Crippen LogP contribution in [-0.4, -0.2) is 34.6 Å². The Hall–Kier alpha value is -1.00. The van der Waals surface area contributed by atoms with E-state index in [4.69, 9.17) is 5.73 Å². The van der Waals surface area contributed by atoms with Crippen LogP contribution in [0.1, 0.15) is 29.7 Å². The third-order valence-electron chi connectivity index (χ3n) is 3.05. The Morgan fingerprint density at radius 3 is 2.25 bits per heavy atom. The van der Waals surface area contributed by atoms with Gasteiger partial charge in [-0.2, -0.15) is 0 Å². The third-order valence-corrected chi connectivity index (χ3v) is 3.05. The molecule has 4 nitrogen and oxygen atoms in total. The number of nitrogens with two attached hydrogens (primary N) is 1. The highest BCUT2D eigenvalue weighted by Gasteiger charge is 2.12. The lowest BCUT2D eigenvalue weighted by molar-refractivity contribution is 0.256. The van der Waals surface area contributed by atoms with Crippen molar-refractivity contribution in [1.29, 1.82) is 0 Å². The van der Waals surface area contributed by atoms with Crippen LogP contribution in [0.3, 0.4) is 0 Å². The van der Waals surface area contributed by atoms with Crippen LogP contribution < -0.4 is 5.73 Å². The van der Waals surface area contributed by atoms with Crippen molar-refractivity contribution in [2.45, 2.75) is 40.3 Å². The smallest absolute Gasteiger partial charge is 0.0648 e. The molecule has 0 aromatic carbocycles. The predicted octanol–water partition coefficient (Wildman–Crippen LogP) is 1.18. The van der Waals surface area contributed by atoms with Crippen LogP contribution in [0.15, 0.2) is 0 Å². The summed E-state index contributed by atoms with van der Waals surface area (Å²) in [5.41, 5.74) is 10.1. The molecule has 1 unspecified atom stereocenters. The summed E-state index contributed by atoms with van der Waals surface area (Å²) in [5.74, 6) is 0. The summed E-state index contributed by atoms with van der Waals surface area (Å²) in [5, 5.41) is 0. The molecule has 0 radical (unpaired) electrons. The number of aryl methyl sites for hydroxylation is 3. The minimum Gasteiger partial charge on any atom is -0.315 e. The fourth-order valence-corrected chi connectivity index (χ4v) is 1.54. The van der Waals surface area contributed by atoms with Crippen LogP contribution in [0, 0.1) is 20.8 Å². The molecule has 0 saturated heterocycles. The Morgan fingerprint density at radius 2 is 1.69 bits per heavy atom. The van der Waals surface area contributed by atoms with Gasteiger partial charge in [-0.05, 0) is 34.4 Å². The van der Waals surface area contributed by atoms with E-state index in [1.165, 1.54) is 0 Å². The highest BCUT2D eigenvalue weighted by Crippen LogP contribution is 2.09. The molecule has 0 aliphatic heterocycles. The summed E-state index contributed by atoms with van der Waals surface area (Å²) in [7, 11) is 2.02. The summed E-state index contributed by atoms with van der Waals surface area (Å²) in [6.45, 7) is 9.00. The van der Waals surface area contributed by atoms with Crippen molar-refractivity contribution in [2.24, 2.45) is 5.73 Å². The van der Waals surface area contributed by atoms with E-state index in [0.29, 0.717) is 0 Å². The second-order valence-corrected chi connectivity index (χ2v) is 4.27. The molecule has 1 heterocycles. The maximum atomic E-state index is 6.07. The lowest BCUT2D eigenvalue weighted by atomic mass is 10.2. The molecule has 0 aliphatic rings. The lowest BCUT2D eigenvalue weighted by Crippen LogP contribution is -2.41.